The van der Waals surface area contributed by atoms with Gasteiger partial charge in [0.2, 0.25) is 0 Å². The number of hydrogen-bond acceptors (Lipinski definition) is 0. The van der Waals surface area contributed by atoms with Crippen LogP contribution in [0.5, 0.6) is 0 Å². The fourth-order valence-electron chi connectivity index (χ4n) is 1.74. The van der Waals surface area contributed by atoms with Crippen molar-refractivity contribution in [2.75, 3.05) is 0 Å². The van der Waals surface area contributed by atoms with Gasteiger partial charge in [-0.05, 0) is 70.2 Å². The Hall–Kier alpha value is -2.00. The molecule has 0 atom stereocenters. The van der Waals surface area contributed by atoms with Crippen LogP contribution in [0.25, 0.3) is 0 Å². The summed E-state index contributed by atoms with van der Waals surface area (Å²) in [6, 6.07) is 16.5. The van der Waals surface area contributed by atoms with Gasteiger partial charge in [-0.3, -0.25) is 0 Å². The van der Waals surface area contributed by atoms with Crippen molar-refractivity contribution >= 4 is 0 Å². The summed E-state index contributed by atoms with van der Waals surface area (Å²) in [4.78, 5) is 0. The van der Waals surface area contributed by atoms with Gasteiger partial charge in [-0.25, -0.2) is 0 Å². The molecule has 1 aliphatic rings. The van der Waals surface area contributed by atoms with Crippen LogP contribution in [0.3, 0.4) is 0 Å². The van der Waals surface area contributed by atoms with E-state index in [9.17, 15) is 0 Å². The molecule has 0 saturated heterocycles. The molecule has 0 unspecified atom stereocenters. The molecule has 6 radical (unpaired) electrons. The third-order valence-corrected chi connectivity index (χ3v) is 3.01. The molecule has 1 fully saturated rings. The molecule has 0 amide bonds. The summed E-state index contributed by atoms with van der Waals surface area (Å²) < 4.78 is 15.0. The Bertz CT molecular complexity index is 619. The Labute approximate surface area is 168 Å². The Morgan fingerprint density at radius 2 is 0.769 bits per heavy atom. The topological polar surface area (TPSA) is 39.8 Å². The van der Waals surface area contributed by atoms with Gasteiger partial charge in [0.1, 0.15) is 0 Å². The van der Waals surface area contributed by atoms with Crippen molar-refractivity contribution in [3.05, 3.63) is 116 Å². The maximum absolute atomic E-state index is 7.50. The van der Waals surface area contributed by atoms with Crippen LogP contribution in [0.1, 0.15) is 22.3 Å². The number of hydrogen-bond donors (Lipinski definition) is 0. The molecule has 3 heteroatoms. The molecular weight excluding hydrogens is 363 g/mol. The maximum atomic E-state index is 7.50. The molecule has 3 rings (SSSR count). The van der Waals surface area contributed by atoms with Gasteiger partial charge in [-0.1, -0.05) is 47.2 Å². The first-order valence-corrected chi connectivity index (χ1v) is 7.47. The number of benzene rings is 2. The second kappa shape index (κ2) is 17.8. The summed E-state index contributed by atoms with van der Waals surface area (Å²) in [5.41, 5.74) is 4.65. The van der Waals surface area contributed by atoms with Crippen LogP contribution in [0.15, 0.2) is 48.5 Å². The van der Waals surface area contributed by atoms with E-state index >= 15 is 0 Å². The van der Waals surface area contributed by atoms with E-state index in [1.807, 2.05) is 32.1 Å². The molecule has 130 valence electrons. The monoisotopic (exact) mass is 382 g/mol. The van der Waals surface area contributed by atoms with E-state index in [0.29, 0.717) is 0 Å². The van der Waals surface area contributed by atoms with Crippen molar-refractivity contribution in [2.45, 2.75) is 13.8 Å². The van der Waals surface area contributed by atoms with Crippen molar-refractivity contribution < 1.29 is 26.4 Å². The van der Waals surface area contributed by atoms with Crippen molar-refractivity contribution in [3.63, 3.8) is 0 Å². The first-order valence-electron chi connectivity index (χ1n) is 7.47. The van der Waals surface area contributed by atoms with E-state index in [2.05, 4.69) is 87.5 Å². The van der Waals surface area contributed by atoms with Gasteiger partial charge in [0.05, 0.1) is 0 Å². The molecule has 0 aromatic heterocycles. The van der Waals surface area contributed by atoms with Gasteiger partial charge >= 0.3 is 22.6 Å². The first kappa shape index (κ1) is 26.2. The third-order valence-electron chi connectivity index (χ3n) is 3.01. The molecule has 1 saturated carbocycles. The van der Waals surface area contributed by atoms with E-state index in [-0.39, 0.29) is 17.1 Å². The zero-order valence-corrected chi connectivity index (χ0v) is 15.9. The Morgan fingerprint density at radius 1 is 0.538 bits per heavy atom. The minimum absolute atomic E-state index is 0. The van der Waals surface area contributed by atoms with Gasteiger partial charge in [0.25, 0.3) is 0 Å². The summed E-state index contributed by atoms with van der Waals surface area (Å²) in [7, 11) is 0. The standard InChI is InChI=1S/C16H14.C5H5.2CO.Mn/c1-13-3-7-15(8-4-13)11-12-16-9-5-14(2)6-10-16;1-2-4-5-3-1;2*1-2;/h3-10H,1-2H3;1-5H;;;. The average molecular weight is 382 g/mol. The van der Waals surface area contributed by atoms with Crippen molar-refractivity contribution in [2.24, 2.45) is 0 Å². The van der Waals surface area contributed by atoms with Crippen molar-refractivity contribution in [3.8, 4) is 11.8 Å². The fourth-order valence-corrected chi connectivity index (χ4v) is 1.74. The maximum Gasteiger partial charge on any atom is 0 e. The van der Waals surface area contributed by atoms with E-state index in [4.69, 9.17) is 9.30 Å². The summed E-state index contributed by atoms with van der Waals surface area (Å²) in [5, 5.41) is 0. The van der Waals surface area contributed by atoms with Crippen LogP contribution in [-0.4, -0.2) is 0 Å². The third kappa shape index (κ3) is 12.4. The van der Waals surface area contributed by atoms with E-state index in [0.717, 1.165) is 11.1 Å². The fraction of sp³-hybridized carbons (Fsp3) is 0.0870. The predicted molar refractivity (Wildman–Crippen MR) is 97.7 cm³/mol. The van der Waals surface area contributed by atoms with Gasteiger partial charge < -0.3 is 0 Å². The van der Waals surface area contributed by atoms with Crippen LogP contribution in [0.4, 0.5) is 0 Å². The Morgan fingerprint density at radius 3 is 1.00 bits per heavy atom. The molecule has 2 aromatic carbocycles. The SMILES string of the molecule is Cc1ccc(C#Cc2ccc(C)cc2)cc1.[C-]#[O+].[C-]#[O+].[CH]1[CH][CH][CH][CH]1.[Mn]. The molecule has 0 aliphatic heterocycles. The minimum Gasteiger partial charge on any atom is -0.0312 e. The van der Waals surface area contributed by atoms with Crippen LogP contribution in [-0.2, 0) is 26.4 Å². The second-order valence-corrected chi connectivity index (χ2v) is 4.94. The first-order chi connectivity index (χ1) is 12.2. The van der Waals surface area contributed by atoms with Crippen LogP contribution in [0.2, 0.25) is 0 Å². The number of aryl methyl sites for hydroxylation is 2. The van der Waals surface area contributed by atoms with Crippen molar-refractivity contribution in [1.29, 1.82) is 0 Å². The molecular formula is C23H19MnO2. The van der Waals surface area contributed by atoms with Crippen LogP contribution < -0.4 is 0 Å². The zero-order chi connectivity index (χ0) is 18.9. The Balaban J connectivity index is 0. The van der Waals surface area contributed by atoms with Gasteiger partial charge in [-0.15, -0.1) is 0 Å². The second-order valence-electron chi connectivity index (χ2n) is 4.94. The predicted octanol–water partition coefficient (Wildman–Crippen LogP) is 4.65. The molecule has 0 spiro atoms. The number of rotatable bonds is 0. The summed E-state index contributed by atoms with van der Waals surface area (Å²) in [6.07, 6.45) is 10.0. The van der Waals surface area contributed by atoms with E-state index < -0.39 is 0 Å². The van der Waals surface area contributed by atoms with Crippen molar-refractivity contribution in [1.82, 2.24) is 0 Å². The molecule has 0 N–H and O–H groups in total. The molecule has 1 aliphatic carbocycles. The minimum atomic E-state index is 0. The summed E-state index contributed by atoms with van der Waals surface area (Å²) in [6.45, 7) is 13.2. The zero-order valence-electron chi connectivity index (χ0n) is 14.7. The van der Waals surface area contributed by atoms with Gasteiger partial charge in [0, 0.05) is 28.2 Å². The van der Waals surface area contributed by atoms with Crippen LogP contribution in [0, 0.1) is 71.1 Å². The smallest absolute Gasteiger partial charge is 0 e. The molecule has 2 nitrogen and oxygen atoms in total. The molecule has 26 heavy (non-hydrogen) atoms. The van der Waals surface area contributed by atoms with E-state index in [1.54, 1.807) is 0 Å². The molecule has 2 aromatic rings. The van der Waals surface area contributed by atoms with Crippen LogP contribution >= 0.6 is 0 Å². The van der Waals surface area contributed by atoms with Gasteiger partial charge in [0.15, 0.2) is 0 Å². The molecule has 0 heterocycles. The van der Waals surface area contributed by atoms with Gasteiger partial charge in [-0.2, -0.15) is 0 Å². The average Bonchev–Trinajstić information content (AvgIpc) is 3.26. The quantitative estimate of drug-likeness (QED) is 0.276. The Kier molecular flexibility index (Phi) is 18.0. The summed E-state index contributed by atoms with van der Waals surface area (Å²) in [5.74, 6) is 6.32. The summed E-state index contributed by atoms with van der Waals surface area (Å²) >= 11 is 0. The normalized spacial score (nSPS) is 10.5. The molecule has 0 bridgehead atoms. The largest absolute Gasteiger partial charge is 0.0312 e. The van der Waals surface area contributed by atoms with E-state index in [1.165, 1.54) is 11.1 Å².